The van der Waals surface area contributed by atoms with Crippen molar-refractivity contribution in [2.24, 2.45) is 5.92 Å². The number of benzene rings is 2. The molecule has 190 valence electrons. The van der Waals surface area contributed by atoms with Crippen molar-refractivity contribution in [1.82, 2.24) is 15.1 Å². The standard InChI is InChI=1S/C24H21ClF4N4O3/c1-13(24(27,28)29)36-12-14-6-15(8-18(26)7-14)20-10-21(31-23(35)16-9-22(34)30-11-16)32-33(20)19-4-2-17(25)3-5-19/h2-8,10,13,16H,9,11-12H2,1H3,(H,30,34)(H,31,32,35)/t13-,16?/m1/s1. The molecule has 2 N–H and O–H groups in total. The van der Waals surface area contributed by atoms with E-state index in [1.165, 1.54) is 22.9 Å². The van der Waals surface area contributed by atoms with Crippen LogP contribution in [0.3, 0.4) is 0 Å². The maximum atomic E-state index is 14.5. The van der Waals surface area contributed by atoms with Gasteiger partial charge in [0.15, 0.2) is 11.9 Å². The SMILES string of the molecule is C[C@@H](OCc1cc(F)cc(-c2cc(NC(=O)C3CNC(=O)C3)nn2-c2ccc(Cl)cc2)c1)C(F)(F)F. The Morgan fingerprint density at radius 1 is 1.25 bits per heavy atom. The fourth-order valence-electron chi connectivity index (χ4n) is 3.64. The van der Waals surface area contributed by atoms with Gasteiger partial charge in [0.1, 0.15) is 5.82 Å². The van der Waals surface area contributed by atoms with Crippen LogP contribution in [0.25, 0.3) is 16.9 Å². The maximum Gasteiger partial charge on any atom is 0.414 e. The Hall–Kier alpha value is -3.44. The molecule has 12 heteroatoms. The van der Waals surface area contributed by atoms with Crippen molar-refractivity contribution in [2.45, 2.75) is 32.2 Å². The molecule has 7 nitrogen and oxygen atoms in total. The Morgan fingerprint density at radius 2 is 1.97 bits per heavy atom. The summed E-state index contributed by atoms with van der Waals surface area (Å²) in [4.78, 5) is 24.0. The fourth-order valence-corrected chi connectivity index (χ4v) is 3.77. The summed E-state index contributed by atoms with van der Waals surface area (Å²) in [6.07, 6.45) is -6.52. The second-order valence-electron chi connectivity index (χ2n) is 8.34. The van der Waals surface area contributed by atoms with E-state index in [-0.39, 0.29) is 30.3 Å². The molecule has 0 spiro atoms. The molecule has 0 aliphatic carbocycles. The highest BCUT2D eigenvalue weighted by Crippen LogP contribution is 2.30. The monoisotopic (exact) mass is 524 g/mol. The molecular weight excluding hydrogens is 504 g/mol. The number of nitrogens with zero attached hydrogens (tertiary/aromatic N) is 2. The van der Waals surface area contributed by atoms with Crippen LogP contribution < -0.4 is 10.6 Å². The largest absolute Gasteiger partial charge is 0.414 e. The van der Waals surface area contributed by atoms with Gasteiger partial charge in [-0.3, -0.25) is 9.59 Å². The summed E-state index contributed by atoms with van der Waals surface area (Å²) in [5.41, 5.74) is 1.39. The number of alkyl halides is 3. The third-order valence-electron chi connectivity index (χ3n) is 5.59. The lowest BCUT2D eigenvalue weighted by atomic mass is 10.1. The first kappa shape index (κ1) is 25.6. The Balaban J connectivity index is 1.67. The Labute approximate surface area is 208 Å². The van der Waals surface area contributed by atoms with Crippen molar-refractivity contribution in [3.8, 4) is 16.9 Å². The summed E-state index contributed by atoms with van der Waals surface area (Å²) in [6.45, 7) is 0.615. The predicted molar refractivity (Wildman–Crippen MR) is 124 cm³/mol. The first-order valence-electron chi connectivity index (χ1n) is 10.9. The van der Waals surface area contributed by atoms with E-state index in [9.17, 15) is 27.2 Å². The van der Waals surface area contributed by atoms with Gasteiger partial charge in [-0.25, -0.2) is 9.07 Å². The summed E-state index contributed by atoms with van der Waals surface area (Å²) in [5, 5.41) is 10.2. The second-order valence-corrected chi connectivity index (χ2v) is 8.78. The van der Waals surface area contributed by atoms with E-state index < -0.39 is 36.5 Å². The van der Waals surface area contributed by atoms with Crippen LogP contribution >= 0.6 is 11.6 Å². The number of carbonyl (C=O) groups excluding carboxylic acids is 2. The van der Waals surface area contributed by atoms with Gasteiger partial charge in [0.2, 0.25) is 11.8 Å². The van der Waals surface area contributed by atoms with Crippen molar-refractivity contribution < 1.29 is 31.9 Å². The fraction of sp³-hybridized carbons (Fsp3) is 0.292. The highest BCUT2D eigenvalue weighted by atomic mass is 35.5. The molecule has 0 saturated carbocycles. The molecule has 0 radical (unpaired) electrons. The molecule has 1 aliphatic heterocycles. The van der Waals surface area contributed by atoms with Crippen molar-refractivity contribution in [2.75, 3.05) is 11.9 Å². The first-order valence-corrected chi connectivity index (χ1v) is 11.3. The zero-order valence-corrected chi connectivity index (χ0v) is 19.7. The Morgan fingerprint density at radius 3 is 2.61 bits per heavy atom. The topological polar surface area (TPSA) is 85.2 Å². The number of nitrogens with one attached hydrogen (secondary N) is 2. The van der Waals surface area contributed by atoms with Crippen LogP contribution in [-0.4, -0.2) is 40.4 Å². The normalized spacial score (nSPS) is 16.6. The van der Waals surface area contributed by atoms with Crippen LogP contribution in [0.1, 0.15) is 18.9 Å². The van der Waals surface area contributed by atoms with Gasteiger partial charge < -0.3 is 15.4 Å². The minimum Gasteiger partial charge on any atom is -0.364 e. The predicted octanol–water partition coefficient (Wildman–Crippen LogP) is 4.87. The van der Waals surface area contributed by atoms with E-state index in [1.54, 1.807) is 24.3 Å². The number of carbonyl (C=O) groups is 2. The molecular formula is C24H21ClF4N4O3. The van der Waals surface area contributed by atoms with Gasteiger partial charge in [0.25, 0.3) is 0 Å². The Kier molecular flexibility index (Phi) is 7.32. The van der Waals surface area contributed by atoms with Crippen molar-refractivity contribution in [3.05, 3.63) is 64.9 Å². The maximum absolute atomic E-state index is 14.5. The molecule has 2 aromatic carbocycles. The molecule has 2 heterocycles. The summed E-state index contributed by atoms with van der Waals surface area (Å²) < 4.78 is 59.2. The Bertz CT molecular complexity index is 1280. The summed E-state index contributed by atoms with van der Waals surface area (Å²) >= 11 is 5.98. The van der Waals surface area contributed by atoms with Crippen LogP contribution in [-0.2, 0) is 20.9 Å². The first-order chi connectivity index (χ1) is 17.0. The molecule has 1 fully saturated rings. The minimum absolute atomic E-state index is 0.0557. The molecule has 1 aromatic heterocycles. The third-order valence-corrected chi connectivity index (χ3v) is 5.85. The van der Waals surface area contributed by atoms with E-state index in [4.69, 9.17) is 16.3 Å². The number of halogens is 5. The molecule has 2 atom stereocenters. The van der Waals surface area contributed by atoms with Gasteiger partial charge in [0, 0.05) is 29.6 Å². The highest BCUT2D eigenvalue weighted by Gasteiger charge is 2.37. The van der Waals surface area contributed by atoms with Crippen LogP contribution in [0.4, 0.5) is 23.4 Å². The van der Waals surface area contributed by atoms with Crippen molar-refractivity contribution in [3.63, 3.8) is 0 Å². The smallest absolute Gasteiger partial charge is 0.364 e. The second kappa shape index (κ2) is 10.3. The van der Waals surface area contributed by atoms with Crippen LogP contribution in [0.2, 0.25) is 5.02 Å². The zero-order valence-electron chi connectivity index (χ0n) is 18.9. The van der Waals surface area contributed by atoms with Crippen LogP contribution in [0.5, 0.6) is 0 Å². The van der Waals surface area contributed by atoms with Gasteiger partial charge >= 0.3 is 6.18 Å². The van der Waals surface area contributed by atoms with E-state index in [2.05, 4.69) is 15.7 Å². The average Bonchev–Trinajstić information content (AvgIpc) is 3.43. The van der Waals surface area contributed by atoms with E-state index in [0.29, 0.717) is 22.0 Å². The molecule has 2 amide bonds. The van der Waals surface area contributed by atoms with E-state index in [0.717, 1.165) is 13.0 Å². The lowest BCUT2D eigenvalue weighted by molar-refractivity contribution is -0.217. The van der Waals surface area contributed by atoms with E-state index >= 15 is 0 Å². The molecule has 3 aromatic rings. The summed E-state index contributed by atoms with van der Waals surface area (Å²) in [6, 6.07) is 11.9. The number of anilines is 1. The lowest BCUT2D eigenvalue weighted by Gasteiger charge is -2.16. The molecule has 1 aliphatic rings. The average molecular weight is 525 g/mol. The van der Waals surface area contributed by atoms with Gasteiger partial charge in [-0.15, -0.1) is 5.10 Å². The van der Waals surface area contributed by atoms with Crippen LogP contribution in [0.15, 0.2) is 48.5 Å². The third kappa shape index (κ3) is 6.03. The minimum atomic E-state index is -4.55. The van der Waals surface area contributed by atoms with Crippen molar-refractivity contribution >= 4 is 29.2 Å². The number of hydrogen-bond acceptors (Lipinski definition) is 4. The van der Waals surface area contributed by atoms with Gasteiger partial charge in [-0.2, -0.15) is 13.2 Å². The number of hydrogen-bond donors (Lipinski definition) is 2. The van der Waals surface area contributed by atoms with Gasteiger partial charge in [-0.05, 0) is 55.0 Å². The van der Waals surface area contributed by atoms with E-state index in [1.807, 2.05) is 0 Å². The van der Waals surface area contributed by atoms with Gasteiger partial charge in [0.05, 0.1) is 23.9 Å². The number of rotatable bonds is 7. The van der Waals surface area contributed by atoms with Crippen LogP contribution in [0, 0.1) is 11.7 Å². The molecule has 36 heavy (non-hydrogen) atoms. The lowest BCUT2D eigenvalue weighted by Crippen LogP contribution is -2.28. The van der Waals surface area contributed by atoms with Gasteiger partial charge in [-0.1, -0.05) is 11.6 Å². The number of ether oxygens (including phenoxy) is 1. The zero-order chi connectivity index (χ0) is 26.0. The highest BCUT2D eigenvalue weighted by molar-refractivity contribution is 6.30. The molecule has 1 saturated heterocycles. The molecule has 0 bridgehead atoms. The summed E-state index contributed by atoms with van der Waals surface area (Å²) in [7, 11) is 0. The number of amides is 2. The molecule has 1 unspecified atom stereocenters. The van der Waals surface area contributed by atoms with Crippen molar-refractivity contribution in [1.29, 1.82) is 0 Å². The summed E-state index contributed by atoms with van der Waals surface area (Å²) in [5.74, 6) is -1.73. The quantitative estimate of drug-likeness (QED) is 0.432. The number of aromatic nitrogens is 2. The molecule has 4 rings (SSSR count).